The lowest BCUT2D eigenvalue weighted by Gasteiger charge is -2.38. The number of ketones is 1. The van der Waals surface area contributed by atoms with Crippen LogP contribution in [-0.4, -0.2) is 31.0 Å². The molecule has 0 unspecified atom stereocenters. The summed E-state index contributed by atoms with van der Waals surface area (Å²) in [5.74, 6) is 0.206. The van der Waals surface area contributed by atoms with Crippen LogP contribution in [-0.2, 0) is 14.3 Å². The standard InChI is InChI=1S/C20H29NO4/c1-4-20(19(23)25-5-2,17-9-7-6-8-10-18(17)22)21-15-11-13-16(24-3)14-12-15/h11-14,17,21H,4-10H2,1-3H3/t17-,20-/m0/s1. The topological polar surface area (TPSA) is 64.6 Å². The summed E-state index contributed by atoms with van der Waals surface area (Å²) in [4.78, 5) is 25.7. The summed E-state index contributed by atoms with van der Waals surface area (Å²) in [5, 5.41) is 3.36. The number of anilines is 1. The van der Waals surface area contributed by atoms with Crippen molar-refractivity contribution in [1.82, 2.24) is 0 Å². The molecule has 5 nitrogen and oxygen atoms in total. The quantitative estimate of drug-likeness (QED) is 0.597. The van der Waals surface area contributed by atoms with Gasteiger partial charge in [0.2, 0.25) is 0 Å². The summed E-state index contributed by atoms with van der Waals surface area (Å²) >= 11 is 0. The van der Waals surface area contributed by atoms with Gasteiger partial charge in [0.25, 0.3) is 0 Å². The third-order valence-electron chi connectivity index (χ3n) is 5.05. The maximum atomic E-state index is 12.9. The molecular formula is C20H29NO4. The van der Waals surface area contributed by atoms with Gasteiger partial charge < -0.3 is 14.8 Å². The molecule has 1 aliphatic rings. The molecule has 1 aromatic rings. The third-order valence-corrected chi connectivity index (χ3v) is 5.05. The van der Waals surface area contributed by atoms with Crippen LogP contribution in [0.4, 0.5) is 5.69 Å². The van der Waals surface area contributed by atoms with Crippen molar-refractivity contribution in [2.45, 2.75) is 57.9 Å². The van der Waals surface area contributed by atoms with E-state index in [2.05, 4.69) is 5.32 Å². The molecule has 0 aliphatic heterocycles. The van der Waals surface area contributed by atoms with Crippen molar-refractivity contribution in [2.75, 3.05) is 19.0 Å². The Morgan fingerprint density at radius 1 is 1.20 bits per heavy atom. The minimum atomic E-state index is -1.02. The lowest BCUT2D eigenvalue weighted by atomic mass is 9.76. The minimum absolute atomic E-state index is 0.161. The Morgan fingerprint density at radius 3 is 2.52 bits per heavy atom. The Hall–Kier alpha value is -2.04. The molecule has 2 atom stereocenters. The number of hydrogen-bond acceptors (Lipinski definition) is 5. The van der Waals surface area contributed by atoms with Crippen LogP contribution in [0.1, 0.15) is 52.4 Å². The molecule has 0 bridgehead atoms. The van der Waals surface area contributed by atoms with Crippen molar-refractivity contribution in [3.8, 4) is 5.75 Å². The maximum Gasteiger partial charge on any atom is 0.332 e. The molecule has 0 saturated heterocycles. The molecule has 25 heavy (non-hydrogen) atoms. The minimum Gasteiger partial charge on any atom is -0.497 e. The van der Waals surface area contributed by atoms with Crippen LogP contribution in [0, 0.1) is 5.92 Å². The van der Waals surface area contributed by atoms with Gasteiger partial charge in [-0.1, -0.05) is 19.8 Å². The lowest BCUT2D eigenvalue weighted by Crippen LogP contribution is -2.55. The number of Topliss-reactive ketones (excluding diaryl/α,β-unsaturated/α-hetero) is 1. The molecule has 0 spiro atoms. The van der Waals surface area contributed by atoms with Crippen LogP contribution in [0.15, 0.2) is 24.3 Å². The first-order valence-corrected chi connectivity index (χ1v) is 9.19. The first kappa shape index (κ1) is 19.3. The van der Waals surface area contributed by atoms with E-state index in [-0.39, 0.29) is 17.7 Å². The number of methoxy groups -OCH3 is 1. The fourth-order valence-electron chi connectivity index (χ4n) is 3.63. The van der Waals surface area contributed by atoms with Gasteiger partial charge in [-0.05, 0) is 50.5 Å². The van der Waals surface area contributed by atoms with Gasteiger partial charge >= 0.3 is 5.97 Å². The van der Waals surface area contributed by atoms with Gasteiger partial charge in [-0.3, -0.25) is 4.79 Å². The molecule has 2 rings (SSSR count). The van der Waals surface area contributed by atoms with Crippen LogP contribution in [0.2, 0.25) is 0 Å². The van der Waals surface area contributed by atoms with Gasteiger partial charge in [0, 0.05) is 12.1 Å². The average molecular weight is 347 g/mol. The van der Waals surface area contributed by atoms with Crippen LogP contribution in [0.25, 0.3) is 0 Å². The fraction of sp³-hybridized carbons (Fsp3) is 0.600. The van der Waals surface area contributed by atoms with E-state index in [9.17, 15) is 9.59 Å². The van der Waals surface area contributed by atoms with Crippen molar-refractivity contribution in [3.63, 3.8) is 0 Å². The zero-order valence-corrected chi connectivity index (χ0v) is 15.5. The van der Waals surface area contributed by atoms with Crippen molar-refractivity contribution in [2.24, 2.45) is 5.92 Å². The van der Waals surface area contributed by atoms with Gasteiger partial charge in [-0.15, -0.1) is 0 Å². The van der Waals surface area contributed by atoms with Gasteiger partial charge in [-0.25, -0.2) is 4.79 Å². The van der Waals surface area contributed by atoms with Crippen molar-refractivity contribution >= 4 is 17.4 Å². The number of ether oxygens (including phenoxy) is 2. The maximum absolute atomic E-state index is 12.9. The zero-order chi connectivity index (χ0) is 18.3. The molecule has 0 radical (unpaired) electrons. The number of carbonyl (C=O) groups excluding carboxylic acids is 2. The van der Waals surface area contributed by atoms with E-state index in [1.165, 1.54) is 0 Å². The van der Waals surface area contributed by atoms with E-state index >= 15 is 0 Å². The highest BCUT2D eigenvalue weighted by atomic mass is 16.5. The Morgan fingerprint density at radius 2 is 1.92 bits per heavy atom. The zero-order valence-electron chi connectivity index (χ0n) is 15.5. The largest absolute Gasteiger partial charge is 0.497 e. The SMILES string of the molecule is CCOC(=O)[C@@](CC)(Nc1ccc(OC)cc1)[C@H]1CCCCCC1=O. The highest BCUT2D eigenvalue weighted by Gasteiger charge is 2.48. The Balaban J connectivity index is 2.38. The molecule has 1 N–H and O–H groups in total. The summed E-state index contributed by atoms with van der Waals surface area (Å²) in [6.07, 6.45) is 4.65. The molecule has 1 aromatic carbocycles. The molecule has 0 amide bonds. The summed E-state index contributed by atoms with van der Waals surface area (Å²) in [5.41, 5.74) is -0.237. The van der Waals surface area contributed by atoms with Gasteiger partial charge in [0.15, 0.2) is 0 Å². The highest BCUT2D eigenvalue weighted by Crippen LogP contribution is 2.36. The van der Waals surface area contributed by atoms with Crippen molar-refractivity contribution in [1.29, 1.82) is 0 Å². The number of rotatable bonds is 7. The first-order valence-electron chi connectivity index (χ1n) is 9.19. The Labute approximate surface area is 150 Å². The number of carbonyl (C=O) groups is 2. The fourth-order valence-corrected chi connectivity index (χ4v) is 3.63. The van der Waals surface area contributed by atoms with E-state index in [1.54, 1.807) is 14.0 Å². The normalized spacial score (nSPS) is 20.3. The predicted molar refractivity (Wildman–Crippen MR) is 97.9 cm³/mol. The van der Waals surface area contributed by atoms with Crippen LogP contribution >= 0.6 is 0 Å². The van der Waals surface area contributed by atoms with Crippen LogP contribution in [0.5, 0.6) is 5.75 Å². The molecule has 1 fully saturated rings. The molecule has 1 aliphatic carbocycles. The average Bonchev–Trinajstić information content (AvgIpc) is 2.85. The van der Waals surface area contributed by atoms with E-state index in [1.807, 2.05) is 31.2 Å². The monoisotopic (exact) mass is 347 g/mol. The van der Waals surface area contributed by atoms with Crippen molar-refractivity contribution in [3.05, 3.63) is 24.3 Å². The Kier molecular flexibility index (Phi) is 6.85. The smallest absolute Gasteiger partial charge is 0.332 e. The number of nitrogens with one attached hydrogen (secondary N) is 1. The summed E-state index contributed by atoms with van der Waals surface area (Å²) < 4.78 is 10.6. The second kappa shape index (κ2) is 8.88. The van der Waals surface area contributed by atoms with Gasteiger partial charge in [0.1, 0.15) is 17.1 Å². The summed E-state index contributed by atoms with van der Waals surface area (Å²) in [7, 11) is 1.61. The van der Waals surface area contributed by atoms with E-state index < -0.39 is 5.54 Å². The molecule has 0 aromatic heterocycles. The third kappa shape index (κ3) is 4.33. The number of esters is 1. The predicted octanol–water partition coefficient (Wildman–Crippen LogP) is 3.97. The molecule has 1 saturated carbocycles. The van der Waals surface area contributed by atoms with E-state index in [4.69, 9.17) is 9.47 Å². The summed E-state index contributed by atoms with van der Waals surface area (Å²) in [6.45, 7) is 4.03. The number of hydrogen-bond donors (Lipinski definition) is 1. The second-order valence-electron chi connectivity index (χ2n) is 6.52. The van der Waals surface area contributed by atoms with Gasteiger partial charge in [0.05, 0.1) is 19.6 Å². The number of benzene rings is 1. The highest BCUT2D eigenvalue weighted by molar-refractivity contribution is 5.94. The molecular weight excluding hydrogens is 318 g/mol. The molecule has 5 heteroatoms. The van der Waals surface area contributed by atoms with Crippen LogP contribution in [0.3, 0.4) is 0 Å². The first-order chi connectivity index (χ1) is 12.1. The van der Waals surface area contributed by atoms with Crippen LogP contribution < -0.4 is 10.1 Å². The van der Waals surface area contributed by atoms with Crippen molar-refractivity contribution < 1.29 is 19.1 Å². The molecule has 138 valence electrons. The Bertz CT molecular complexity index is 584. The van der Waals surface area contributed by atoms with Gasteiger partial charge in [-0.2, -0.15) is 0 Å². The second-order valence-corrected chi connectivity index (χ2v) is 6.52. The lowest BCUT2D eigenvalue weighted by molar-refractivity contribution is -0.153. The van der Waals surface area contributed by atoms with E-state index in [0.717, 1.165) is 30.7 Å². The summed E-state index contributed by atoms with van der Waals surface area (Å²) in [6, 6.07) is 7.40. The van der Waals surface area contributed by atoms with E-state index in [0.29, 0.717) is 25.9 Å². The molecule has 0 heterocycles.